The summed E-state index contributed by atoms with van der Waals surface area (Å²) in [6.07, 6.45) is 1.32. The van der Waals surface area contributed by atoms with Crippen LogP contribution in [-0.2, 0) is 4.79 Å². The smallest absolute Gasteiger partial charge is 0.323 e. The Morgan fingerprint density at radius 2 is 1.69 bits per heavy atom. The molecule has 11 heteroatoms. The summed E-state index contributed by atoms with van der Waals surface area (Å²) in [5, 5.41) is 3.92. The minimum atomic E-state index is -0.831. The van der Waals surface area contributed by atoms with Gasteiger partial charge in [-0.25, -0.2) is 4.39 Å². The number of fused-ring (bicyclic) bond motifs is 1. The maximum absolute atomic E-state index is 14.9. The Morgan fingerprint density at radius 1 is 1.00 bits per heavy atom. The number of nitrogens with zero attached hydrogens (tertiary/aromatic N) is 5. The van der Waals surface area contributed by atoms with E-state index in [-0.39, 0.29) is 47.3 Å². The third-order valence-corrected chi connectivity index (χ3v) is 6.14. The van der Waals surface area contributed by atoms with Gasteiger partial charge in [0.25, 0.3) is 17.6 Å². The molecule has 3 heterocycles. The van der Waals surface area contributed by atoms with Gasteiger partial charge in [0.15, 0.2) is 0 Å². The van der Waals surface area contributed by atoms with Crippen molar-refractivity contribution in [2.24, 2.45) is 0 Å². The maximum Gasteiger partial charge on any atom is 0.323 e. The second kappa shape index (κ2) is 9.25. The fourth-order valence-electron chi connectivity index (χ4n) is 4.21. The molecule has 4 aromatic rings. The number of carbonyl (C=O) groups is 3. The highest BCUT2D eigenvalue weighted by Gasteiger charge is 2.31. The number of nitrogens with one attached hydrogen (secondary N) is 1. The van der Waals surface area contributed by atoms with Gasteiger partial charge in [0, 0.05) is 63.0 Å². The van der Waals surface area contributed by atoms with E-state index in [4.69, 9.17) is 4.52 Å². The van der Waals surface area contributed by atoms with Crippen LogP contribution in [0.4, 0.5) is 10.4 Å². The molecule has 1 fully saturated rings. The Morgan fingerprint density at radius 3 is 2.36 bits per heavy atom. The van der Waals surface area contributed by atoms with E-state index in [0.29, 0.717) is 24.2 Å². The highest BCUT2D eigenvalue weighted by atomic mass is 19.1. The number of Topliss-reactive ketones (excluding diaryl/α,β-unsaturated/α-hetero) is 1. The van der Waals surface area contributed by atoms with E-state index in [1.54, 1.807) is 48.2 Å². The van der Waals surface area contributed by atoms with E-state index < -0.39 is 17.5 Å². The van der Waals surface area contributed by atoms with Gasteiger partial charge in [-0.15, -0.1) is 0 Å². The minimum absolute atomic E-state index is 0.0139. The molecule has 2 aromatic carbocycles. The lowest BCUT2D eigenvalue weighted by Crippen LogP contribution is -2.52. The van der Waals surface area contributed by atoms with Crippen LogP contribution in [-0.4, -0.2) is 82.8 Å². The molecule has 1 N–H and O–H groups in total. The van der Waals surface area contributed by atoms with Gasteiger partial charge in [-0.3, -0.25) is 14.4 Å². The molecule has 1 saturated heterocycles. The molecule has 1 aliphatic heterocycles. The molecule has 0 saturated carbocycles. The molecule has 2 amide bonds. The minimum Gasteiger partial charge on any atom is -0.360 e. The van der Waals surface area contributed by atoms with Crippen LogP contribution >= 0.6 is 0 Å². The molecule has 0 spiro atoms. The fourth-order valence-corrected chi connectivity index (χ4v) is 4.21. The van der Waals surface area contributed by atoms with Crippen molar-refractivity contribution in [2.45, 2.75) is 0 Å². The first-order chi connectivity index (χ1) is 17.3. The molecule has 1 aliphatic rings. The third-order valence-electron chi connectivity index (χ3n) is 6.14. The monoisotopic (exact) mass is 490 g/mol. The van der Waals surface area contributed by atoms with Crippen molar-refractivity contribution in [1.29, 1.82) is 0 Å². The summed E-state index contributed by atoms with van der Waals surface area (Å²) in [7, 11) is 3.48. The first-order valence-corrected chi connectivity index (χ1v) is 11.3. The van der Waals surface area contributed by atoms with Gasteiger partial charge < -0.3 is 24.2 Å². The van der Waals surface area contributed by atoms with Gasteiger partial charge in [0.1, 0.15) is 5.82 Å². The summed E-state index contributed by atoms with van der Waals surface area (Å²) >= 11 is 0. The number of H-pyrrole nitrogens is 1. The molecule has 2 aromatic heterocycles. The highest BCUT2D eigenvalue weighted by Crippen LogP contribution is 2.31. The molecule has 0 bridgehead atoms. The van der Waals surface area contributed by atoms with Crippen molar-refractivity contribution < 1.29 is 23.3 Å². The zero-order valence-corrected chi connectivity index (χ0v) is 19.7. The van der Waals surface area contributed by atoms with Crippen molar-refractivity contribution in [3.63, 3.8) is 0 Å². The zero-order valence-electron chi connectivity index (χ0n) is 19.7. The van der Waals surface area contributed by atoms with Crippen LogP contribution in [0.25, 0.3) is 22.3 Å². The second-order valence-electron chi connectivity index (χ2n) is 8.62. The number of halogens is 1. The summed E-state index contributed by atoms with van der Waals surface area (Å²) in [4.78, 5) is 50.7. The average molecular weight is 490 g/mol. The molecule has 184 valence electrons. The number of hydrogen-bond donors (Lipinski definition) is 1. The highest BCUT2D eigenvalue weighted by molar-refractivity contribution is 6.45. The number of hydrogen-bond acceptors (Lipinski definition) is 7. The Bertz CT molecular complexity index is 1450. The summed E-state index contributed by atoms with van der Waals surface area (Å²) in [5.41, 5.74) is 1.21. The van der Waals surface area contributed by atoms with Gasteiger partial charge >= 0.3 is 6.01 Å². The number of ketones is 1. The first kappa shape index (κ1) is 23.2. The van der Waals surface area contributed by atoms with Gasteiger partial charge in [0.2, 0.25) is 5.82 Å². The largest absolute Gasteiger partial charge is 0.360 e. The molecule has 0 radical (unpaired) electrons. The number of piperazine rings is 1. The average Bonchev–Trinajstić information content (AvgIpc) is 3.57. The van der Waals surface area contributed by atoms with Crippen molar-refractivity contribution in [2.75, 3.05) is 45.2 Å². The van der Waals surface area contributed by atoms with Gasteiger partial charge in [0.05, 0.1) is 11.1 Å². The van der Waals surface area contributed by atoms with E-state index in [9.17, 15) is 18.8 Å². The third kappa shape index (κ3) is 4.08. The SMILES string of the molecule is CN(C)c1nc(-c2ccc(F)c3c(C(=O)C(=O)N4CCN(C(=O)c5ccccc5)CC4)c[nH]c23)no1. The quantitative estimate of drug-likeness (QED) is 0.338. The fraction of sp³-hybridized carbons (Fsp3) is 0.240. The lowest BCUT2D eigenvalue weighted by molar-refractivity contribution is -0.127. The standard InChI is InChI=1S/C25H23FN6O4/c1-30(2)25-28-22(29-36-25)16-8-9-18(26)19-17(14-27-20(16)19)21(33)24(35)32-12-10-31(11-13-32)23(34)15-6-4-3-5-7-15/h3-9,14,27H,10-13H2,1-2H3. The maximum atomic E-state index is 14.9. The van der Waals surface area contributed by atoms with E-state index in [0.717, 1.165) is 0 Å². The van der Waals surface area contributed by atoms with Crippen LogP contribution in [0.1, 0.15) is 20.7 Å². The predicted octanol–water partition coefficient (Wildman–Crippen LogP) is 2.59. The van der Waals surface area contributed by atoms with E-state index in [1.807, 2.05) is 6.07 Å². The van der Waals surface area contributed by atoms with Crippen LogP contribution in [0.3, 0.4) is 0 Å². The van der Waals surface area contributed by atoms with Crippen molar-refractivity contribution in [3.05, 3.63) is 65.6 Å². The molecule has 0 aliphatic carbocycles. The van der Waals surface area contributed by atoms with Crippen LogP contribution < -0.4 is 4.90 Å². The van der Waals surface area contributed by atoms with Crippen molar-refractivity contribution in [3.8, 4) is 11.4 Å². The molecular weight excluding hydrogens is 467 g/mol. The molecule has 5 rings (SSSR count). The van der Waals surface area contributed by atoms with Crippen LogP contribution in [0, 0.1) is 5.82 Å². The molecular formula is C25H23FN6O4. The molecule has 0 unspecified atom stereocenters. The topological polar surface area (TPSA) is 116 Å². The number of aromatic amines is 1. The molecule has 36 heavy (non-hydrogen) atoms. The summed E-state index contributed by atoms with van der Waals surface area (Å²) in [5.74, 6) is -2.14. The van der Waals surface area contributed by atoms with Gasteiger partial charge in [-0.2, -0.15) is 4.98 Å². The Kier molecular flexibility index (Phi) is 5.96. The molecule has 10 nitrogen and oxygen atoms in total. The van der Waals surface area contributed by atoms with Crippen molar-refractivity contribution in [1.82, 2.24) is 24.9 Å². The number of carbonyl (C=O) groups excluding carboxylic acids is 3. The zero-order chi connectivity index (χ0) is 25.4. The molecule has 0 atom stereocenters. The Hall–Kier alpha value is -4.54. The number of benzene rings is 2. The lowest BCUT2D eigenvalue weighted by Gasteiger charge is -2.34. The number of aromatic nitrogens is 3. The van der Waals surface area contributed by atoms with E-state index >= 15 is 0 Å². The summed E-state index contributed by atoms with van der Waals surface area (Å²) in [6, 6.07) is 11.8. The van der Waals surface area contributed by atoms with Gasteiger partial charge in [-0.1, -0.05) is 23.4 Å². The van der Waals surface area contributed by atoms with Crippen LogP contribution in [0.15, 0.2) is 53.2 Å². The predicted molar refractivity (Wildman–Crippen MR) is 129 cm³/mol. The van der Waals surface area contributed by atoms with E-state index in [1.165, 1.54) is 23.2 Å². The number of anilines is 1. The van der Waals surface area contributed by atoms with Gasteiger partial charge in [-0.05, 0) is 24.3 Å². The van der Waals surface area contributed by atoms with Crippen LogP contribution in [0.2, 0.25) is 0 Å². The lowest BCUT2D eigenvalue weighted by atomic mass is 10.0. The summed E-state index contributed by atoms with van der Waals surface area (Å²) < 4.78 is 20.0. The van der Waals surface area contributed by atoms with E-state index in [2.05, 4.69) is 15.1 Å². The van der Waals surface area contributed by atoms with Crippen molar-refractivity contribution >= 4 is 34.5 Å². The second-order valence-corrected chi connectivity index (χ2v) is 8.62. The summed E-state index contributed by atoms with van der Waals surface area (Å²) in [6.45, 7) is 1.00. The first-order valence-electron chi connectivity index (χ1n) is 11.3. The van der Waals surface area contributed by atoms with Crippen LogP contribution in [0.5, 0.6) is 0 Å². The Labute approximate surface area is 205 Å². The number of amides is 2. The number of rotatable bonds is 5. The normalized spacial score (nSPS) is 13.8. The Balaban J connectivity index is 1.35.